The zero-order valence-corrected chi connectivity index (χ0v) is 9.96. The van der Waals surface area contributed by atoms with Gasteiger partial charge in [-0.15, -0.1) is 0 Å². The van der Waals surface area contributed by atoms with Crippen LogP contribution in [0.15, 0.2) is 61.4 Å². The van der Waals surface area contributed by atoms with Crippen LogP contribution in [0, 0.1) is 0 Å². The monoisotopic (exact) mass is 246 g/mol. The summed E-state index contributed by atoms with van der Waals surface area (Å²) in [6.07, 6.45) is 6.63. The summed E-state index contributed by atoms with van der Waals surface area (Å²) in [5.74, 6) is 2.94. The van der Waals surface area contributed by atoms with Crippen molar-refractivity contribution in [2.75, 3.05) is 0 Å². The second kappa shape index (κ2) is 5.97. The van der Waals surface area contributed by atoms with E-state index in [9.17, 15) is 0 Å². The van der Waals surface area contributed by atoms with E-state index in [1.54, 1.807) is 42.7 Å². The molecule has 17 heavy (non-hydrogen) atoms. The van der Waals surface area contributed by atoms with Crippen molar-refractivity contribution < 1.29 is 9.05 Å². The van der Waals surface area contributed by atoms with Gasteiger partial charge in [-0.1, -0.05) is 6.58 Å². The molecule has 0 atom stereocenters. The van der Waals surface area contributed by atoms with Crippen molar-refractivity contribution in [3.63, 3.8) is 0 Å². The molecule has 0 radical (unpaired) electrons. The zero-order valence-electron chi connectivity index (χ0n) is 9.06. The van der Waals surface area contributed by atoms with E-state index in [0.717, 1.165) is 0 Å². The Morgan fingerprint density at radius 1 is 1.00 bits per heavy atom. The van der Waals surface area contributed by atoms with Crippen molar-refractivity contribution in [3.05, 3.63) is 61.4 Å². The molecule has 2 aromatic rings. The molecule has 5 heteroatoms. The third-order valence-corrected chi connectivity index (χ3v) is 2.89. The molecule has 0 aliphatic heterocycles. The van der Waals surface area contributed by atoms with Crippen LogP contribution in [0.25, 0.3) is 0 Å². The highest BCUT2D eigenvalue weighted by atomic mass is 31.2. The van der Waals surface area contributed by atoms with Gasteiger partial charge in [0.1, 0.15) is 11.5 Å². The molecule has 86 valence electrons. The molecule has 0 bridgehead atoms. The summed E-state index contributed by atoms with van der Waals surface area (Å²) < 4.78 is 11.2. The summed E-state index contributed by atoms with van der Waals surface area (Å²) in [4.78, 5) is 7.92. The van der Waals surface area contributed by atoms with E-state index in [0.29, 0.717) is 11.5 Å². The summed E-state index contributed by atoms with van der Waals surface area (Å²) in [6, 6.07) is 7.24. The number of aromatic nitrogens is 2. The average molecular weight is 246 g/mol. The zero-order chi connectivity index (χ0) is 11.9. The van der Waals surface area contributed by atoms with Gasteiger partial charge in [0.25, 0.3) is 0 Å². The van der Waals surface area contributed by atoms with Crippen molar-refractivity contribution >= 4 is 8.38 Å². The first-order valence-electron chi connectivity index (χ1n) is 4.96. The second-order valence-electron chi connectivity index (χ2n) is 3.03. The van der Waals surface area contributed by atoms with Gasteiger partial charge in [-0.2, -0.15) is 0 Å². The molecule has 0 amide bonds. The first-order valence-corrected chi connectivity index (χ1v) is 6.21. The number of rotatable bonds is 5. The Morgan fingerprint density at radius 2 is 1.53 bits per heavy atom. The molecule has 0 saturated carbocycles. The lowest BCUT2D eigenvalue weighted by atomic mass is 10.5. The van der Waals surface area contributed by atoms with E-state index in [4.69, 9.17) is 9.05 Å². The molecule has 4 nitrogen and oxygen atoms in total. The molecular formula is C12H11N2O2P. The average Bonchev–Trinajstić information content (AvgIpc) is 2.40. The highest BCUT2D eigenvalue weighted by Crippen LogP contribution is 2.40. The maximum Gasteiger partial charge on any atom is 0.317 e. The molecule has 0 spiro atoms. The molecule has 0 unspecified atom stereocenters. The summed E-state index contributed by atoms with van der Waals surface area (Å²) in [7, 11) is -1.23. The topological polar surface area (TPSA) is 44.2 Å². The molecule has 0 aliphatic rings. The van der Waals surface area contributed by atoms with Crippen molar-refractivity contribution in [2.24, 2.45) is 0 Å². The Morgan fingerprint density at radius 3 is 1.88 bits per heavy atom. The van der Waals surface area contributed by atoms with Gasteiger partial charge in [0.05, 0.1) is 12.4 Å². The fourth-order valence-corrected chi connectivity index (χ4v) is 1.92. The van der Waals surface area contributed by atoms with Crippen LogP contribution >= 0.6 is 8.38 Å². The van der Waals surface area contributed by atoms with Gasteiger partial charge in [-0.25, -0.2) is 0 Å². The molecule has 0 N–H and O–H groups in total. The summed E-state index contributed by atoms with van der Waals surface area (Å²) in [5, 5.41) is 0. The fraction of sp³-hybridized carbons (Fsp3) is 0. The van der Waals surface area contributed by atoms with Gasteiger partial charge in [-0.3, -0.25) is 9.97 Å². The van der Waals surface area contributed by atoms with Crippen LogP contribution in [0.2, 0.25) is 0 Å². The minimum Gasteiger partial charge on any atom is -0.434 e. The smallest absolute Gasteiger partial charge is 0.317 e. The van der Waals surface area contributed by atoms with Gasteiger partial charge >= 0.3 is 8.38 Å². The Balaban J connectivity index is 2.01. The van der Waals surface area contributed by atoms with E-state index in [1.807, 2.05) is 12.1 Å². The summed E-state index contributed by atoms with van der Waals surface area (Å²) >= 11 is 0. The van der Waals surface area contributed by atoms with Crippen LogP contribution in [0.1, 0.15) is 0 Å². The van der Waals surface area contributed by atoms with Gasteiger partial charge in [0.2, 0.25) is 0 Å². The van der Waals surface area contributed by atoms with Gasteiger partial charge in [-0.05, 0) is 24.3 Å². The van der Waals surface area contributed by atoms with E-state index in [2.05, 4.69) is 16.5 Å². The number of hydrogen-bond acceptors (Lipinski definition) is 4. The standard InChI is InChI=1S/C12H11N2O2P/c1-2-17(15-11-5-3-7-13-9-11)16-12-6-4-8-14-10-12/h2-10H,1H2. The van der Waals surface area contributed by atoms with Crippen LogP contribution in [0.3, 0.4) is 0 Å². The summed E-state index contributed by atoms with van der Waals surface area (Å²) in [5.41, 5.74) is 0. The van der Waals surface area contributed by atoms with E-state index < -0.39 is 8.38 Å². The highest BCUT2D eigenvalue weighted by Gasteiger charge is 2.09. The van der Waals surface area contributed by atoms with Crippen LogP contribution < -0.4 is 9.05 Å². The molecule has 2 heterocycles. The number of pyridine rings is 2. The first kappa shape index (κ1) is 11.6. The predicted octanol–water partition coefficient (Wildman–Crippen LogP) is 3.39. The van der Waals surface area contributed by atoms with Crippen LogP contribution in [0.4, 0.5) is 0 Å². The molecule has 2 rings (SSSR count). The van der Waals surface area contributed by atoms with Crippen molar-refractivity contribution in [3.8, 4) is 11.5 Å². The Bertz CT molecular complexity index is 423. The van der Waals surface area contributed by atoms with Gasteiger partial charge in [0, 0.05) is 18.2 Å². The Labute approximate surface area is 101 Å². The first-order chi connectivity index (χ1) is 8.38. The van der Waals surface area contributed by atoms with E-state index in [1.165, 1.54) is 0 Å². The SMILES string of the molecule is C=CP(Oc1cccnc1)Oc1cccnc1. The quantitative estimate of drug-likeness (QED) is 0.758. The summed E-state index contributed by atoms with van der Waals surface area (Å²) in [6.45, 7) is 3.69. The van der Waals surface area contributed by atoms with Crippen molar-refractivity contribution in [2.45, 2.75) is 0 Å². The van der Waals surface area contributed by atoms with Crippen LogP contribution in [-0.2, 0) is 0 Å². The lowest BCUT2D eigenvalue weighted by Gasteiger charge is -2.14. The molecule has 2 aromatic heterocycles. The van der Waals surface area contributed by atoms with Gasteiger partial charge < -0.3 is 9.05 Å². The van der Waals surface area contributed by atoms with Crippen molar-refractivity contribution in [1.82, 2.24) is 9.97 Å². The lowest BCUT2D eigenvalue weighted by molar-refractivity contribution is 0.498. The Hall–Kier alpha value is -1.93. The second-order valence-corrected chi connectivity index (χ2v) is 4.33. The molecule has 0 saturated heterocycles. The normalized spacial score (nSPS) is 9.94. The molecule has 0 aromatic carbocycles. The molecule has 0 fully saturated rings. The highest BCUT2D eigenvalue weighted by molar-refractivity contribution is 7.51. The predicted molar refractivity (Wildman–Crippen MR) is 66.8 cm³/mol. The number of hydrogen-bond donors (Lipinski definition) is 0. The lowest BCUT2D eigenvalue weighted by Crippen LogP contribution is -1.93. The number of nitrogens with zero attached hydrogens (tertiary/aromatic N) is 2. The minimum absolute atomic E-state index is 0.655. The third kappa shape index (κ3) is 3.54. The third-order valence-electron chi connectivity index (χ3n) is 1.81. The maximum atomic E-state index is 5.60. The van der Waals surface area contributed by atoms with Crippen molar-refractivity contribution in [1.29, 1.82) is 0 Å². The van der Waals surface area contributed by atoms with Crippen LogP contribution in [0.5, 0.6) is 11.5 Å². The van der Waals surface area contributed by atoms with E-state index >= 15 is 0 Å². The molecule has 0 aliphatic carbocycles. The molecular weight excluding hydrogens is 235 g/mol. The largest absolute Gasteiger partial charge is 0.434 e. The fourth-order valence-electron chi connectivity index (χ4n) is 1.10. The van der Waals surface area contributed by atoms with E-state index in [-0.39, 0.29) is 0 Å². The van der Waals surface area contributed by atoms with Gasteiger partial charge in [0.15, 0.2) is 0 Å². The Kier molecular flexibility index (Phi) is 4.05. The van der Waals surface area contributed by atoms with Crippen LogP contribution in [-0.4, -0.2) is 9.97 Å². The minimum atomic E-state index is -1.23. The maximum absolute atomic E-state index is 5.60.